The molecule has 0 saturated heterocycles. The minimum atomic E-state index is 0.143. The molecule has 0 saturated carbocycles. The number of aromatic nitrogens is 3. The van der Waals surface area contributed by atoms with Crippen LogP contribution in [0, 0.1) is 6.92 Å². The fourth-order valence-corrected chi connectivity index (χ4v) is 8.23. The fourth-order valence-electron chi connectivity index (χ4n) is 8.23. The van der Waals surface area contributed by atoms with Crippen LogP contribution in [0.4, 0.5) is 0 Å². The number of hydrogen-bond acceptors (Lipinski definition) is 0. The van der Waals surface area contributed by atoms with Gasteiger partial charge in [-0.05, 0) is 61.4 Å². The molecule has 8 aromatic rings. The normalized spacial score (nSPS) is 18.0. The standard InChI is InChI=1S/C40H29N3/c1-25-18-19-35-33-22-32-31-14-8-13-30-28-12-4-5-17-37(28)43(40(30)31)38(32)23-34(33)39-29(15-9-20-41(35)24-25)26-10-2-3-11-27(26)36-16-6-7-21-42(36)39/h2-14,16-24,29,39H,15H2,1H3/q+2/b20-9+. The van der Waals surface area contributed by atoms with Crippen LogP contribution < -0.4 is 9.13 Å². The Kier molecular flexibility index (Phi) is 4.55. The van der Waals surface area contributed by atoms with Gasteiger partial charge in [-0.3, -0.25) is 0 Å². The highest BCUT2D eigenvalue weighted by molar-refractivity contribution is 6.23. The lowest BCUT2D eigenvalue weighted by Crippen LogP contribution is -2.48. The molecule has 10 rings (SSSR count). The van der Waals surface area contributed by atoms with Crippen molar-refractivity contribution in [2.75, 3.05) is 0 Å². The number of para-hydroxylation sites is 2. The molecular weight excluding hydrogens is 522 g/mol. The van der Waals surface area contributed by atoms with Crippen molar-refractivity contribution < 1.29 is 9.13 Å². The van der Waals surface area contributed by atoms with E-state index in [1.165, 1.54) is 77.3 Å². The highest BCUT2D eigenvalue weighted by Crippen LogP contribution is 2.48. The molecule has 0 N–H and O–H groups in total. The summed E-state index contributed by atoms with van der Waals surface area (Å²) in [5, 5.41) is 5.27. The predicted molar refractivity (Wildman–Crippen MR) is 174 cm³/mol. The quantitative estimate of drug-likeness (QED) is 0.167. The van der Waals surface area contributed by atoms with Gasteiger partial charge in [0, 0.05) is 56.4 Å². The van der Waals surface area contributed by atoms with Gasteiger partial charge in [0.2, 0.25) is 11.4 Å². The van der Waals surface area contributed by atoms with Gasteiger partial charge >= 0.3 is 0 Å². The molecule has 0 spiro atoms. The average molecular weight is 552 g/mol. The van der Waals surface area contributed by atoms with E-state index < -0.39 is 0 Å². The van der Waals surface area contributed by atoms with Gasteiger partial charge in [0.25, 0.3) is 0 Å². The molecule has 0 radical (unpaired) electrons. The average Bonchev–Trinajstić information content (AvgIpc) is 3.57. The zero-order valence-electron chi connectivity index (χ0n) is 23.9. The van der Waals surface area contributed by atoms with E-state index in [9.17, 15) is 0 Å². The van der Waals surface area contributed by atoms with Crippen molar-refractivity contribution in [3.05, 3.63) is 144 Å². The summed E-state index contributed by atoms with van der Waals surface area (Å²) < 4.78 is 7.40. The van der Waals surface area contributed by atoms with E-state index in [1.54, 1.807) is 0 Å². The lowest BCUT2D eigenvalue weighted by molar-refractivity contribution is -0.708. The van der Waals surface area contributed by atoms with Crippen molar-refractivity contribution in [2.24, 2.45) is 0 Å². The Morgan fingerprint density at radius 1 is 0.651 bits per heavy atom. The molecule has 2 unspecified atom stereocenters. The number of aryl methyl sites for hydroxylation is 1. The summed E-state index contributed by atoms with van der Waals surface area (Å²) in [4.78, 5) is 0. The molecular formula is C40H29N3+2. The molecule has 3 nitrogen and oxygen atoms in total. The summed E-state index contributed by atoms with van der Waals surface area (Å²) in [6.45, 7) is 2.18. The van der Waals surface area contributed by atoms with Crippen LogP contribution in [-0.4, -0.2) is 4.40 Å². The highest BCUT2D eigenvalue weighted by Gasteiger charge is 2.43. The molecule has 43 heavy (non-hydrogen) atoms. The number of benzene rings is 4. The van der Waals surface area contributed by atoms with Crippen molar-refractivity contribution >= 4 is 44.3 Å². The first-order valence-corrected chi connectivity index (χ1v) is 15.3. The van der Waals surface area contributed by atoms with Crippen LogP contribution in [-0.2, 0) is 0 Å². The van der Waals surface area contributed by atoms with Gasteiger partial charge in [0.1, 0.15) is 0 Å². The summed E-state index contributed by atoms with van der Waals surface area (Å²) in [6.07, 6.45) is 10.2. The number of nitrogens with zero attached hydrogens (tertiary/aromatic N) is 3. The molecule has 4 aromatic carbocycles. The summed E-state index contributed by atoms with van der Waals surface area (Å²) in [7, 11) is 0. The number of fused-ring (bicyclic) bond motifs is 16. The van der Waals surface area contributed by atoms with E-state index in [4.69, 9.17) is 0 Å². The minimum absolute atomic E-state index is 0.143. The van der Waals surface area contributed by atoms with E-state index in [0.29, 0.717) is 5.92 Å². The largest absolute Gasteiger partial charge is 0.308 e. The van der Waals surface area contributed by atoms with E-state index in [2.05, 4.69) is 154 Å². The van der Waals surface area contributed by atoms with Crippen molar-refractivity contribution in [1.29, 1.82) is 0 Å². The van der Waals surface area contributed by atoms with Crippen molar-refractivity contribution in [1.82, 2.24) is 4.40 Å². The third-order valence-corrected chi connectivity index (χ3v) is 9.98. The Morgan fingerprint density at radius 2 is 1.47 bits per heavy atom. The van der Waals surface area contributed by atoms with E-state index in [0.717, 1.165) is 6.42 Å². The third-order valence-electron chi connectivity index (χ3n) is 9.98. The topological polar surface area (TPSA) is 12.2 Å². The maximum absolute atomic E-state index is 2.54. The van der Waals surface area contributed by atoms with Gasteiger partial charge in [-0.25, -0.2) is 0 Å². The summed E-state index contributed by atoms with van der Waals surface area (Å²) in [5.41, 5.74) is 13.1. The molecule has 3 heteroatoms. The minimum Gasteiger partial charge on any atom is -0.308 e. The van der Waals surface area contributed by atoms with Gasteiger partial charge in [0.05, 0.1) is 28.0 Å². The molecule has 0 amide bonds. The van der Waals surface area contributed by atoms with Crippen LogP contribution in [0.15, 0.2) is 128 Å². The van der Waals surface area contributed by atoms with E-state index in [-0.39, 0.29) is 6.04 Å². The molecule has 2 aliphatic heterocycles. The maximum Gasteiger partial charge on any atom is 0.218 e. The van der Waals surface area contributed by atoms with Gasteiger partial charge in [-0.15, -0.1) is 0 Å². The number of hydrogen-bond donors (Lipinski definition) is 0. The van der Waals surface area contributed by atoms with Crippen LogP contribution in [0.2, 0.25) is 0 Å². The van der Waals surface area contributed by atoms with Crippen LogP contribution in [0.1, 0.15) is 35.1 Å². The molecule has 4 aromatic heterocycles. The first-order chi connectivity index (χ1) is 21.3. The Bertz CT molecular complexity index is 2460. The van der Waals surface area contributed by atoms with Crippen molar-refractivity contribution in [2.45, 2.75) is 25.3 Å². The Labute approximate surface area is 249 Å². The van der Waals surface area contributed by atoms with Gasteiger partial charge in [-0.1, -0.05) is 54.6 Å². The number of pyridine rings is 2. The monoisotopic (exact) mass is 551 g/mol. The molecule has 0 fully saturated rings. The zero-order chi connectivity index (χ0) is 28.2. The lowest BCUT2D eigenvalue weighted by Gasteiger charge is -2.30. The molecule has 6 heterocycles. The summed E-state index contributed by atoms with van der Waals surface area (Å²) >= 11 is 0. The fraction of sp³-hybridized carbons (Fsp3) is 0.100. The van der Waals surface area contributed by atoms with Gasteiger partial charge in [0.15, 0.2) is 24.6 Å². The number of allylic oxidation sites excluding steroid dienone is 1. The van der Waals surface area contributed by atoms with Gasteiger partial charge in [-0.2, -0.15) is 9.13 Å². The summed E-state index contributed by atoms with van der Waals surface area (Å²) in [6, 6.07) is 41.1. The molecule has 0 bridgehead atoms. The van der Waals surface area contributed by atoms with E-state index in [1.807, 2.05) is 0 Å². The third kappa shape index (κ3) is 3.04. The number of rotatable bonds is 0. The van der Waals surface area contributed by atoms with Crippen LogP contribution in [0.5, 0.6) is 0 Å². The first kappa shape index (κ1) is 23.3. The predicted octanol–water partition coefficient (Wildman–Crippen LogP) is 8.62. The molecule has 2 aliphatic rings. The van der Waals surface area contributed by atoms with Gasteiger partial charge < -0.3 is 4.40 Å². The van der Waals surface area contributed by atoms with Crippen LogP contribution >= 0.6 is 0 Å². The SMILES string of the molecule is Cc1ccc2[n+](c1)/C=C/CC1c3ccccc3-c3cccc[n+]3C1c1cc3c(cc1-2)c1cccc2c4ccccc4n3c21. The second-order valence-electron chi connectivity index (χ2n) is 12.3. The Hall–Kier alpha value is -5.28. The van der Waals surface area contributed by atoms with Crippen molar-refractivity contribution in [3.8, 4) is 22.5 Å². The molecule has 202 valence electrons. The Balaban J connectivity index is 1.40. The maximum atomic E-state index is 2.54. The van der Waals surface area contributed by atoms with Crippen LogP contribution in [0.25, 0.3) is 66.8 Å². The van der Waals surface area contributed by atoms with Crippen LogP contribution in [0.3, 0.4) is 0 Å². The lowest BCUT2D eigenvalue weighted by atomic mass is 9.77. The second kappa shape index (κ2) is 8.39. The highest BCUT2D eigenvalue weighted by atomic mass is 15.0. The zero-order valence-corrected chi connectivity index (χ0v) is 23.9. The first-order valence-electron chi connectivity index (χ1n) is 15.3. The Morgan fingerprint density at radius 3 is 2.42 bits per heavy atom. The second-order valence-corrected chi connectivity index (χ2v) is 12.3. The van der Waals surface area contributed by atoms with E-state index >= 15 is 0 Å². The molecule has 2 atom stereocenters. The molecule has 0 aliphatic carbocycles. The summed E-state index contributed by atoms with van der Waals surface area (Å²) in [5.74, 6) is 0.297. The smallest absolute Gasteiger partial charge is 0.218 e. The van der Waals surface area contributed by atoms with Crippen molar-refractivity contribution in [3.63, 3.8) is 0 Å².